The molecule has 2 N–H and O–H groups in total. The SMILES string of the molecule is CNC(=O)c1cc(C)c(N2CCNCC2)cn1. The maximum atomic E-state index is 11.5. The van der Waals surface area contributed by atoms with Crippen LogP contribution in [0.15, 0.2) is 12.3 Å². The summed E-state index contributed by atoms with van der Waals surface area (Å²) in [4.78, 5) is 18.0. The van der Waals surface area contributed by atoms with Crippen LogP contribution >= 0.6 is 0 Å². The first-order chi connectivity index (χ1) is 8.22. The maximum absolute atomic E-state index is 11.5. The summed E-state index contributed by atoms with van der Waals surface area (Å²) in [6.07, 6.45) is 1.80. The first-order valence-corrected chi connectivity index (χ1v) is 5.87. The van der Waals surface area contributed by atoms with Gasteiger partial charge in [0.05, 0.1) is 11.9 Å². The summed E-state index contributed by atoms with van der Waals surface area (Å²) in [5.41, 5.74) is 2.70. The molecule has 0 aliphatic carbocycles. The van der Waals surface area contributed by atoms with Gasteiger partial charge in [-0.05, 0) is 18.6 Å². The van der Waals surface area contributed by atoms with Crippen molar-refractivity contribution in [2.24, 2.45) is 0 Å². The molecule has 2 heterocycles. The number of rotatable bonds is 2. The summed E-state index contributed by atoms with van der Waals surface area (Å²) in [7, 11) is 1.61. The van der Waals surface area contributed by atoms with Gasteiger partial charge < -0.3 is 15.5 Å². The minimum atomic E-state index is -0.139. The van der Waals surface area contributed by atoms with Crippen molar-refractivity contribution in [3.05, 3.63) is 23.5 Å². The fourth-order valence-electron chi connectivity index (χ4n) is 2.04. The molecule has 0 spiro atoms. The second-order valence-corrected chi connectivity index (χ2v) is 4.17. The average Bonchev–Trinajstić information content (AvgIpc) is 2.38. The number of nitrogens with zero attached hydrogens (tertiary/aromatic N) is 2. The van der Waals surface area contributed by atoms with Gasteiger partial charge in [0.15, 0.2) is 0 Å². The Morgan fingerprint density at radius 3 is 2.76 bits per heavy atom. The van der Waals surface area contributed by atoms with Crippen molar-refractivity contribution in [3.8, 4) is 0 Å². The molecule has 5 heteroatoms. The molecule has 0 unspecified atom stereocenters. The van der Waals surface area contributed by atoms with Crippen molar-refractivity contribution in [2.75, 3.05) is 38.1 Å². The van der Waals surface area contributed by atoms with Crippen LogP contribution in [0.1, 0.15) is 16.1 Å². The van der Waals surface area contributed by atoms with Crippen LogP contribution in [0.4, 0.5) is 5.69 Å². The van der Waals surface area contributed by atoms with Crippen LogP contribution in [0.3, 0.4) is 0 Å². The van der Waals surface area contributed by atoms with Gasteiger partial charge in [-0.1, -0.05) is 0 Å². The number of carbonyl (C=O) groups excluding carboxylic acids is 1. The number of piperazine rings is 1. The van der Waals surface area contributed by atoms with Crippen molar-refractivity contribution in [3.63, 3.8) is 0 Å². The average molecular weight is 234 g/mol. The van der Waals surface area contributed by atoms with Crippen molar-refractivity contribution >= 4 is 11.6 Å². The van der Waals surface area contributed by atoms with E-state index >= 15 is 0 Å². The Morgan fingerprint density at radius 1 is 1.47 bits per heavy atom. The van der Waals surface area contributed by atoms with Gasteiger partial charge in [0.25, 0.3) is 5.91 Å². The van der Waals surface area contributed by atoms with E-state index in [4.69, 9.17) is 0 Å². The highest BCUT2D eigenvalue weighted by molar-refractivity contribution is 5.92. The lowest BCUT2D eigenvalue weighted by atomic mass is 10.2. The van der Waals surface area contributed by atoms with Crippen LogP contribution in [0, 0.1) is 6.92 Å². The van der Waals surface area contributed by atoms with Crippen molar-refractivity contribution in [1.29, 1.82) is 0 Å². The molecule has 17 heavy (non-hydrogen) atoms. The van der Waals surface area contributed by atoms with E-state index in [0.717, 1.165) is 37.4 Å². The highest BCUT2D eigenvalue weighted by Gasteiger charge is 2.14. The Bertz CT molecular complexity index is 413. The number of amides is 1. The molecule has 1 aliphatic rings. The summed E-state index contributed by atoms with van der Waals surface area (Å²) in [5, 5.41) is 5.90. The van der Waals surface area contributed by atoms with Crippen molar-refractivity contribution in [1.82, 2.24) is 15.6 Å². The Balaban J connectivity index is 2.21. The molecule has 92 valence electrons. The number of hydrogen-bond acceptors (Lipinski definition) is 4. The van der Waals surface area contributed by atoms with Crippen LogP contribution in [-0.2, 0) is 0 Å². The zero-order valence-electron chi connectivity index (χ0n) is 10.3. The van der Waals surface area contributed by atoms with Gasteiger partial charge in [-0.25, -0.2) is 4.98 Å². The number of anilines is 1. The molecule has 1 fully saturated rings. The third-order valence-corrected chi connectivity index (χ3v) is 3.00. The van der Waals surface area contributed by atoms with E-state index in [-0.39, 0.29) is 5.91 Å². The van der Waals surface area contributed by atoms with Crippen LogP contribution in [0.5, 0.6) is 0 Å². The van der Waals surface area contributed by atoms with Crippen LogP contribution in [0.2, 0.25) is 0 Å². The Morgan fingerprint density at radius 2 is 2.18 bits per heavy atom. The second-order valence-electron chi connectivity index (χ2n) is 4.17. The Labute approximate surface area is 101 Å². The van der Waals surface area contributed by atoms with E-state index in [1.165, 1.54) is 0 Å². The van der Waals surface area contributed by atoms with Gasteiger partial charge in [0, 0.05) is 33.2 Å². The van der Waals surface area contributed by atoms with E-state index in [1.807, 2.05) is 13.0 Å². The molecule has 1 aromatic rings. The van der Waals surface area contributed by atoms with Gasteiger partial charge >= 0.3 is 0 Å². The highest BCUT2D eigenvalue weighted by Crippen LogP contribution is 2.19. The number of nitrogens with one attached hydrogen (secondary N) is 2. The second kappa shape index (κ2) is 5.14. The lowest BCUT2D eigenvalue weighted by Crippen LogP contribution is -2.43. The molecule has 1 saturated heterocycles. The van der Waals surface area contributed by atoms with E-state index in [0.29, 0.717) is 5.69 Å². The topological polar surface area (TPSA) is 57.3 Å². The summed E-state index contributed by atoms with van der Waals surface area (Å²) in [5.74, 6) is -0.139. The summed E-state index contributed by atoms with van der Waals surface area (Å²) in [6.45, 7) is 5.99. The van der Waals surface area contributed by atoms with Gasteiger partial charge in [-0.15, -0.1) is 0 Å². The molecule has 1 aliphatic heterocycles. The molecule has 1 amide bonds. The molecule has 0 atom stereocenters. The quantitative estimate of drug-likeness (QED) is 0.765. The molecule has 1 aromatic heterocycles. The van der Waals surface area contributed by atoms with E-state index < -0.39 is 0 Å². The molecule has 0 aromatic carbocycles. The summed E-state index contributed by atoms with van der Waals surface area (Å²) < 4.78 is 0. The molecular weight excluding hydrogens is 216 g/mol. The molecule has 0 saturated carbocycles. The van der Waals surface area contributed by atoms with Crippen molar-refractivity contribution in [2.45, 2.75) is 6.92 Å². The molecule has 0 bridgehead atoms. The Hall–Kier alpha value is -1.62. The summed E-state index contributed by atoms with van der Waals surface area (Å²) >= 11 is 0. The monoisotopic (exact) mass is 234 g/mol. The smallest absolute Gasteiger partial charge is 0.269 e. The number of aryl methyl sites for hydroxylation is 1. The largest absolute Gasteiger partial charge is 0.368 e. The van der Waals surface area contributed by atoms with E-state index in [9.17, 15) is 4.79 Å². The van der Waals surface area contributed by atoms with Gasteiger partial charge in [-0.2, -0.15) is 0 Å². The molecule has 0 radical (unpaired) electrons. The Kier molecular flexibility index (Phi) is 3.58. The minimum absolute atomic E-state index is 0.139. The number of hydrogen-bond donors (Lipinski definition) is 2. The highest BCUT2D eigenvalue weighted by atomic mass is 16.1. The number of aromatic nitrogens is 1. The van der Waals surface area contributed by atoms with Gasteiger partial charge in [0.1, 0.15) is 5.69 Å². The lowest BCUT2D eigenvalue weighted by molar-refractivity contribution is 0.0958. The summed E-state index contributed by atoms with van der Waals surface area (Å²) in [6, 6.07) is 1.84. The molecule has 2 rings (SSSR count). The first-order valence-electron chi connectivity index (χ1n) is 5.87. The number of pyridine rings is 1. The standard InChI is InChI=1S/C12H18N4O/c1-9-7-10(12(17)13-2)15-8-11(9)16-5-3-14-4-6-16/h7-8,14H,3-6H2,1-2H3,(H,13,17). The van der Waals surface area contributed by atoms with Gasteiger partial charge in [-0.3, -0.25) is 4.79 Å². The lowest BCUT2D eigenvalue weighted by Gasteiger charge is -2.30. The zero-order valence-corrected chi connectivity index (χ0v) is 10.3. The molecule has 5 nitrogen and oxygen atoms in total. The fourth-order valence-corrected chi connectivity index (χ4v) is 2.04. The molecular formula is C12H18N4O. The third kappa shape index (κ3) is 2.55. The van der Waals surface area contributed by atoms with E-state index in [1.54, 1.807) is 13.2 Å². The van der Waals surface area contributed by atoms with Crippen molar-refractivity contribution < 1.29 is 4.79 Å². The van der Waals surface area contributed by atoms with Crippen LogP contribution in [-0.4, -0.2) is 44.1 Å². The van der Waals surface area contributed by atoms with Crippen LogP contribution in [0.25, 0.3) is 0 Å². The zero-order chi connectivity index (χ0) is 12.3. The maximum Gasteiger partial charge on any atom is 0.269 e. The third-order valence-electron chi connectivity index (χ3n) is 3.00. The van der Waals surface area contributed by atoms with Gasteiger partial charge in [0.2, 0.25) is 0 Å². The predicted molar refractivity (Wildman–Crippen MR) is 67.4 cm³/mol. The normalized spacial score (nSPS) is 15.8. The number of carbonyl (C=O) groups is 1. The first kappa shape index (κ1) is 11.9. The minimum Gasteiger partial charge on any atom is -0.368 e. The fraction of sp³-hybridized carbons (Fsp3) is 0.500. The van der Waals surface area contributed by atoms with Crippen LogP contribution < -0.4 is 15.5 Å². The predicted octanol–water partition coefficient (Wildman–Crippen LogP) is 0.159. The van der Waals surface area contributed by atoms with E-state index in [2.05, 4.69) is 20.5 Å².